The standard InChI is InChI=1S/C9H8F3N5OS/c10-9(11,12)5(7(13)19)4-17-8(18)16-2-1-14-3-6(16)15-17/h1-3,5H,4H2,(H2,13,19). The molecule has 1 unspecified atom stereocenters. The minimum Gasteiger partial charge on any atom is -0.393 e. The fraction of sp³-hybridized carbons (Fsp3) is 0.333. The molecule has 0 aliphatic carbocycles. The van der Waals surface area contributed by atoms with Crippen molar-refractivity contribution < 1.29 is 13.2 Å². The van der Waals surface area contributed by atoms with Crippen molar-refractivity contribution in [3.63, 3.8) is 0 Å². The summed E-state index contributed by atoms with van der Waals surface area (Å²) >= 11 is 4.38. The van der Waals surface area contributed by atoms with E-state index in [4.69, 9.17) is 5.73 Å². The molecular weight excluding hydrogens is 283 g/mol. The van der Waals surface area contributed by atoms with Crippen LogP contribution in [0.1, 0.15) is 0 Å². The van der Waals surface area contributed by atoms with Crippen LogP contribution < -0.4 is 11.4 Å². The lowest BCUT2D eigenvalue weighted by molar-refractivity contribution is -0.158. The molecule has 0 saturated heterocycles. The quantitative estimate of drug-likeness (QED) is 0.826. The Morgan fingerprint density at radius 2 is 2.21 bits per heavy atom. The second-order valence-electron chi connectivity index (χ2n) is 3.77. The van der Waals surface area contributed by atoms with E-state index >= 15 is 0 Å². The van der Waals surface area contributed by atoms with E-state index in [0.29, 0.717) is 4.68 Å². The molecular formula is C9H8F3N5OS. The van der Waals surface area contributed by atoms with Gasteiger partial charge in [-0.15, -0.1) is 5.10 Å². The molecule has 2 rings (SSSR count). The average molecular weight is 291 g/mol. The van der Waals surface area contributed by atoms with Crippen molar-refractivity contribution in [2.45, 2.75) is 12.7 Å². The van der Waals surface area contributed by atoms with Gasteiger partial charge < -0.3 is 5.73 Å². The lowest BCUT2D eigenvalue weighted by Gasteiger charge is -2.17. The molecule has 0 radical (unpaired) electrons. The summed E-state index contributed by atoms with van der Waals surface area (Å²) in [6.07, 6.45) is -0.722. The molecule has 0 fully saturated rings. The number of nitrogens with zero attached hydrogens (tertiary/aromatic N) is 4. The Hall–Kier alpha value is -1.97. The molecule has 0 amide bonds. The molecule has 0 aliphatic rings. The molecule has 0 bridgehead atoms. The largest absolute Gasteiger partial charge is 0.399 e. The molecule has 0 spiro atoms. The van der Waals surface area contributed by atoms with E-state index in [1.807, 2.05) is 0 Å². The second-order valence-corrected chi connectivity index (χ2v) is 4.24. The first kappa shape index (κ1) is 13.5. The van der Waals surface area contributed by atoms with Crippen LogP contribution in [0.5, 0.6) is 0 Å². The summed E-state index contributed by atoms with van der Waals surface area (Å²) < 4.78 is 39.9. The fourth-order valence-electron chi connectivity index (χ4n) is 1.53. The van der Waals surface area contributed by atoms with Gasteiger partial charge in [-0.3, -0.25) is 4.98 Å². The van der Waals surface area contributed by atoms with E-state index in [1.165, 1.54) is 18.6 Å². The van der Waals surface area contributed by atoms with Crippen LogP contribution in [0.15, 0.2) is 23.4 Å². The Bertz CT molecular complexity index is 676. The molecule has 2 N–H and O–H groups in total. The maximum absolute atomic E-state index is 12.7. The number of thiocarbonyl (C=S) groups is 1. The number of alkyl halides is 3. The number of halogens is 3. The molecule has 19 heavy (non-hydrogen) atoms. The summed E-state index contributed by atoms with van der Waals surface area (Å²) in [6, 6.07) is 0. The third-order valence-corrected chi connectivity index (χ3v) is 2.77. The minimum absolute atomic E-state index is 0.149. The van der Waals surface area contributed by atoms with Gasteiger partial charge in [-0.25, -0.2) is 13.9 Å². The van der Waals surface area contributed by atoms with Crippen LogP contribution >= 0.6 is 12.2 Å². The van der Waals surface area contributed by atoms with Gasteiger partial charge >= 0.3 is 11.9 Å². The van der Waals surface area contributed by atoms with Crippen LogP contribution in [-0.2, 0) is 6.54 Å². The Kier molecular flexibility index (Phi) is 3.27. The van der Waals surface area contributed by atoms with Crippen LogP contribution in [0, 0.1) is 5.92 Å². The predicted octanol–water partition coefficient (Wildman–Crippen LogP) is 0.356. The minimum atomic E-state index is -4.63. The highest BCUT2D eigenvalue weighted by Crippen LogP contribution is 2.27. The highest BCUT2D eigenvalue weighted by Gasteiger charge is 2.42. The summed E-state index contributed by atoms with van der Waals surface area (Å²) in [5.74, 6) is -2.10. The highest BCUT2D eigenvalue weighted by molar-refractivity contribution is 7.80. The molecule has 0 aromatic carbocycles. The monoisotopic (exact) mass is 291 g/mol. The molecule has 1 atom stereocenters. The summed E-state index contributed by atoms with van der Waals surface area (Å²) in [4.78, 5) is 14.8. The van der Waals surface area contributed by atoms with E-state index in [2.05, 4.69) is 22.3 Å². The van der Waals surface area contributed by atoms with Crippen LogP contribution in [0.2, 0.25) is 0 Å². The summed E-state index contributed by atoms with van der Waals surface area (Å²) in [6.45, 7) is -0.751. The van der Waals surface area contributed by atoms with E-state index in [-0.39, 0.29) is 5.65 Å². The van der Waals surface area contributed by atoms with Gasteiger partial charge in [0.05, 0.1) is 17.7 Å². The van der Waals surface area contributed by atoms with Gasteiger partial charge in [-0.2, -0.15) is 13.2 Å². The third kappa shape index (κ3) is 2.57. The highest BCUT2D eigenvalue weighted by atomic mass is 32.1. The van der Waals surface area contributed by atoms with Crippen LogP contribution in [0.25, 0.3) is 5.65 Å². The predicted molar refractivity (Wildman–Crippen MR) is 63.6 cm³/mol. The zero-order chi connectivity index (χ0) is 14.2. The zero-order valence-electron chi connectivity index (χ0n) is 9.33. The molecule has 10 heteroatoms. The molecule has 0 saturated carbocycles. The van der Waals surface area contributed by atoms with Crippen molar-refractivity contribution in [3.8, 4) is 0 Å². The molecule has 0 aliphatic heterocycles. The molecule has 6 nitrogen and oxygen atoms in total. The topological polar surface area (TPSA) is 78.2 Å². The molecule has 2 aromatic rings. The summed E-state index contributed by atoms with van der Waals surface area (Å²) in [5, 5.41) is 3.74. The van der Waals surface area contributed by atoms with Crippen molar-refractivity contribution in [2.75, 3.05) is 0 Å². The molecule has 2 aromatic heterocycles. The Morgan fingerprint density at radius 1 is 1.53 bits per heavy atom. The summed E-state index contributed by atoms with van der Waals surface area (Å²) in [7, 11) is 0. The number of rotatable bonds is 3. The first-order chi connectivity index (χ1) is 8.80. The first-order valence-corrected chi connectivity index (χ1v) is 5.46. The Balaban J connectivity index is 2.43. The number of hydrogen-bond donors (Lipinski definition) is 1. The first-order valence-electron chi connectivity index (χ1n) is 5.06. The van der Waals surface area contributed by atoms with E-state index in [0.717, 1.165) is 4.40 Å². The van der Waals surface area contributed by atoms with Crippen molar-refractivity contribution in [3.05, 3.63) is 29.1 Å². The SMILES string of the molecule is NC(=S)C(Cn1nc2cnccn2c1=O)C(F)(F)F. The third-order valence-electron chi connectivity index (χ3n) is 2.48. The Morgan fingerprint density at radius 3 is 2.74 bits per heavy atom. The van der Waals surface area contributed by atoms with Crippen molar-refractivity contribution >= 4 is 22.9 Å². The lowest BCUT2D eigenvalue weighted by atomic mass is 10.1. The second kappa shape index (κ2) is 4.61. The fourth-order valence-corrected chi connectivity index (χ4v) is 1.73. The van der Waals surface area contributed by atoms with Crippen molar-refractivity contribution in [1.29, 1.82) is 0 Å². The maximum Gasteiger partial charge on any atom is 0.399 e. The van der Waals surface area contributed by atoms with Gasteiger partial charge in [0.25, 0.3) is 0 Å². The normalized spacial score (nSPS) is 13.6. The van der Waals surface area contributed by atoms with Crippen LogP contribution in [-0.4, -0.2) is 30.3 Å². The van der Waals surface area contributed by atoms with Crippen molar-refractivity contribution in [1.82, 2.24) is 19.2 Å². The Labute approximate surface area is 109 Å². The van der Waals surface area contributed by atoms with Crippen LogP contribution in [0.4, 0.5) is 13.2 Å². The molecule has 102 valence electrons. The van der Waals surface area contributed by atoms with Crippen LogP contribution in [0.3, 0.4) is 0 Å². The smallest absolute Gasteiger partial charge is 0.393 e. The number of nitrogens with two attached hydrogens (primary N) is 1. The van der Waals surface area contributed by atoms with Gasteiger partial charge in [0.1, 0.15) is 5.92 Å². The maximum atomic E-state index is 12.7. The van der Waals surface area contributed by atoms with Gasteiger partial charge in [0.15, 0.2) is 5.65 Å². The number of aromatic nitrogens is 4. The number of hydrogen-bond acceptors (Lipinski definition) is 4. The van der Waals surface area contributed by atoms with E-state index < -0.39 is 29.3 Å². The van der Waals surface area contributed by atoms with Gasteiger partial charge in [0.2, 0.25) is 0 Å². The average Bonchev–Trinajstić information content (AvgIpc) is 2.62. The van der Waals surface area contributed by atoms with Crippen molar-refractivity contribution in [2.24, 2.45) is 11.7 Å². The molecule has 2 heterocycles. The summed E-state index contributed by atoms with van der Waals surface area (Å²) in [5.41, 5.74) is 4.51. The number of fused-ring (bicyclic) bond motifs is 1. The lowest BCUT2D eigenvalue weighted by Crippen LogP contribution is -2.40. The zero-order valence-corrected chi connectivity index (χ0v) is 10.1. The van der Waals surface area contributed by atoms with E-state index in [9.17, 15) is 18.0 Å². The van der Waals surface area contributed by atoms with E-state index in [1.54, 1.807) is 0 Å². The van der Waals surface area contributed by atoms with Gasteiger partial charge in [-0.05, 0) is 0 Å². The van der Waals surface area contributed by atoms with Gasteiger partial charge in [-0.1, -0.05) is 12.2 Å². The van der Waals surface area contributed by atoms with Gasteiger partial charge in [0, 0.05) is 12.4 Å².